The normalized spacial score (nSPS) is 18.0. The first-order chi connectivity index (χ1) is 13.6. The Kier molecular flexibility index (Phi) is 5.03. The average molecular weight is 397 g/mol. The van der Waals surface area contributed by atoms with Crippen LogP contribution in [0.1, 0.15) is 35.2 Å². The molecule has 28 heavy (non-hydrogen) atoms. The highest BCUT2D eigenvalue weighted by atomic mass is 35.5. The lowest BCUT2D eigenvalue weighted by Crippen LogP contribution is -2.43. The molecule has 4 rings (SSSR count). The molecule has 2 aromatic rings. The fraction of sp³-hybridized carbons (Fsp3) is 0.286. The minimum Gasteiger partial charge on any atom is -0.416 e. The van der Waals surface area contributed by atoms with E-state index < -0.39 is 17.7 Å². The van der Waals surface area contributed by atoms with Crippen molar-refractivity contribution in [3.05, 3.63) is 63.9 Å². The van der Waals surface area contributed by atoms with Crippen LogP contribution in [0, 0.1) is 11.8 Å². The predicted molar refractivity (Wildman–Crippen MR) is 101 cm³/mol. The number of rotatable bonds is 0. The van der Waals surface area contributed by atoms with Crippen LogP contribution in [0.3, 0.4) is 0 Å². The summed E-state index contributed by atoms with van der Waals surface area (Å²) in [5.74, 6) is 3.64. The summed E-state index contributed by atoms with van der Waals surface area (Å²) in [5, 5.41) is 3.66. The second-order valence-corrected chi connectivity index (χ2v) is 6.95. The number of ether oxygens (including phenoxy) is 2. The summed E-state index contributed by atoms with van der Waals surface area (Å²) in [7, 11) is 0. The first kappa shape index (κ1) is 18.5. The molecule has 142 valence electrons. The van der Waals surface area contributed by atoms with Gasteiger partial charge in [0.15, 0.2) is 0 Å². The minimum atomic E-state index is -1.51. The average Bonchev–Trinajstić information content (AvgIpc) is 2.95. The molecular weight excluding hydrogens is 380 g/mol. The number of halogens is 1. The Morgan fingerprint density at radius 3 is 2.54 bits per heavy atom. The Bertz CT molecular complexity index is 977. The number of carbonyl (C=O) groups excluding carboxylic acids is 2. The van der Waals surface area contributed by atoms with Crippen molar-refractivity contribution in [2.24, 2.45) is 0 Å². The van der Waals surface area contributed by atoms with Gasteiger partial charge in [0.2, 0.25) is 0 Å². The van der Waals surface area contributed by atoms with Crippen LogP contribution in [0.5, 0.6) is 0 Å². The quantitative estimate of drug-likeness (QED) is 0.544. The summed E-state index contributed by atoms with van der Waals surface area (Å²) in [6, 6.07) is 8.90. The summed E-state index contributed by atoms with van der Waals surface area (Å²) in [6.07, 6.45) is 2.26. The highest BCUT2D eigenvalue weighted by Gasteiger charge is 2.45. The molecule has 0 unspecified atom stereocenters. The van der Waals surface area contributed by atoms with Crippen molar-refractivity contribution in [3.63, 3.8) is 0 Å². The molecule has 2 aliphatic rings. The number of nitrogens with zero attached hydrogens (tertiary/aromatic N) is 1. The molecule has 1 aromatic carbocycles. The summed E-state index contributed by atoms with van der Waals surface area (Å²) >= 11 is 6.44. The van der Waals surface area contributed by atoms with Crippen LogP contribution in [-0.2, 0) is 31.3 Å². The van der Waals surface area contributed by atoms with Crippen molar-refractivity contribution in [3.8, 4) is 11.8 Å². The standard InChI is InChI=1S/C21H17ClN2O4/c22-18-7-6-17-15(16(18)5-4-14-3-1-2-11-24-14)10-12-23-13-21(17)27-19(25)8-9-20(26)28-21/h1-3,6-7,11,23H,8-10,12-13H2. The second kappa shape index (κ2) is 7.63. The molecule has 0 bridgehead atoms. The van der Waals surface area contributed by atoms with Gasteiger partial charge in [-0.3, -0.25) is 9.59 Å². The lowest BCUT2D eigenvalue weighted by molar-refractivity contribution is -0.225. The minimum absolute atomic E-state index is 0.00412. The molecule has 6 nitrogen and oxygen atoms in total. The van der Waals surface area contributed by atoms with Crippen molar-refractivity contribution < 1.29 is 19.1 Å². The van der Waals surface area contributed by atoms with Crippen LogP contribution < -0.4 is 5.32 Å². The second-order valence-electron chi connectivity index (χ2n) is 6.54. The van der Waals surface area contributed by atoms with Gasteiger partial charge in [-0.1, -0.05) is 23.6 Å². The van der Waals surface area contributed by atoms with Crippen molar-refractivity contribution in [1.29, 1.82) is 0 Å². The van der Waals surface area contributed by atoms with Crippen molar-refractivity contribution in [2.75, 3.05) is 13.1 Å². The van der Waals surface area contributed by atoms with E-state index in [9.17, 15) is 9.59 Å². The van der Waals surface area contributed by atoms with Crippen LogP contribution in [0.25, 0.3) is 0 Å². The predicted octanol–water partition coefficient (Wildman–Crippen LogP) is 2.31. The van der Waals surface area contributed by atoms with Crippen LogP contribution >= 0.6 is 11.6 Å². The van der Waals surface area contributed by atoms with E-state index in [2.05, 4.69) is 22.1 Å². The number of esters is 2. The van der Waals surface area contributed by atoms with Crippen LogP contribution in [0.2, 0.25) is 5.02 Å². The van der Waals surface area contributed by atoms with Gasteiger partial charge in [0.1, 0.15) is 5.69 Å². The number of fused-ring (bicyclic) bond motifs is 2. The molecule has 1 saturated heterocycles. The van der Waals surface area contributed by atoms with E-state index in [1.54, 1.807) is 24.4 Å². The highest BCUT2D eigenvalue weighted by molar-refractivity contribution is 6.31. The van der Waals surface area contributed by atoms with Gasteiger partial charge in [0.25, 0.3) is 5.79 Å². The maximum absolute atomic E-state index is 12.1. The topological polar surface area (TPSA) is 77.5 Å². The van der Waals surface area contributed by atoms with Crippen molar-refractivity contribution >= 4 is 23.5 Å². The first-order valence-electron chi connectivity index (χ1n) is 8.97. The summed E-state index contributed by atoms with van der Waals surface area (Å²) in [5.41, 5.74) is 2.62. The zero-order chi connectivity index (χ0) is 19.6. The van der Waals surface area contributed by atoms with Gasteiger partial charge in [0.05, 0.1) is 24.4 Å². The maximum atomic E-state index is 12.1. The van der Waals surface area contributed by atoms with Crippen LogP contribution in [0.15, 0.2) is 36.5 Å². The summed E-state index contributed by atoms with van der Waals surface area (Å²) < 4.78 is 11.3. The smallest absolute Gasteiger partial charge is 0.309 e. The van der Waals surface area contributed by atoms with E-state index >= 15 is 0 Å². The number of hydrogen-bond donors (Lipinski definition) is 1. The first-order valence-corrected chi connectivity index (χ1v) is 9.34. The Hall–Kier alpha value is -2.88. The lowest BCUT2D eigenvalue weighted by Gasteiger charge is -2.31. The van der Waals surface area contributed by atoms with Gasteiger partial charge >= 0.3 is 11.9 Å². The van der Waals surface area contributed by atoms with E-state index in [1.807, 2.05) is 12.1 Å². The monoisotopic (exact) mass is 396 g/mol. The zero-order valence-corrected chi connectivity index (χ0v) is 15.7. The lowest BCUT2D eigenvalue weighted by atomic mass is 9.93. The third kappa shape index (κ3) is 3.59. The van der Waals surface area contributed by atoms with Crippen molar-refractivity contribution in [2.45, 2.75) is 25.0 Å². The Labute approximate surface area is 167 Å². The summed E-state index contributed by atoms with van der Waals surface area (Å²) in [6.45, 7) is 0.773. The number of nitrogens with one attached hydrogen (secondary N) is 1. The molecule has 1 fully saturated rings. The molecule has 0 aliphatic carbocycles. The third-order valence-electron chi connectivity index (χ3n) is 4.65. The third-order valence-corrected chi connectivity index (χ3v) is 4.97. The molecule has 7 heteroatoms. The number of hydrogen-bond acceptors (Lipinski definition) is 6. The van der Waals surface area contributed by atoms with Gasteiger partial charge in [0, 0.05) is 17.3 Å². The molecule has 1 aromatic heterocycles. The Morgan fingerprint density at radius 2 is 1.82 bits per heavy atom. The number of pyridine rings is 1. The molecule has 0 saturated carbocycles. The van der Waals surface area contributed by atoms with Gasteiger partial charge in [-0.15, -0.1) is 0 Å². The summed E-state index contributed by atoms with van der Waals surface area (Å²) in [4.78, 5) is 28.5. The van der Waals surface area contributed by atoms with Gasteiger partial charge in [-0.2, -0.15) is 0 Å². The van der Waals surface area contributed by atoms with E-state index in [0.717, 1.165) is 5.56 Å². The van der Waals surface area contributed by atoms with E-state index in [-0.39, 0.29) is 19.4 Å². The molecule has 1 N–H and O–H groups in total. The largest absolute Gasteiger partial charge is 0.416 e. The number of aromatic nitrogens is 1. The van der Waals surface area contributed by atoms with E-state index in [0.29, 0.717) is 34.8 Å². The molecule has 3 heterocycles. The SMILES string of the molecule is O=C1CCC(=O)OC2(CNCCc3c2ccc(Cl)c3C#Cc2ccccn2)O1. The molecule has 2 aliphatic heterocycles. The molecular formula is C21H17ClN2O4. The molecule has 0 atom stereocenters. The van der Waals surface area contributed by atoms with E-state index in [1.165, 1.54) is 0 Å². The number of benzene rings is 1. The van der Waals surface area contributed by atoms with Gasteiger partial charge in [-0.25, -0.2) is 4.98 Å². The van der Waals surface area contributed by atoms with E-state index in [4.69, 9.17) is 21.1 Å². The Balaban J connectivity index is 1.85. The molecule has 0 radical (unpaired) electrons. The van der Waals surface area contributed by atoms with Crippen molar-refractivity contribution in [1.82, 2.24) is 10.3 Å². The Morgan fingerprint density at radius 1 is 1.04 bits per heavy atom. The zero-order valence-electron chi connectivity index (χ0n) is 15.0. The fourth-order valence-electron chi connectivity index (χ4n) is 3.37. The molecule has 1 spiro atoms. The van der Waals surface area contributed by atoms with Gasteiger partial charge in [-0.05, 0) is 48.7 Å². The van der Waals surface area contributed by atoms with Gasteiger partial charge < -0.3 is 14.8 Å². The maximum Gasteiger partial charge on any atom is 0.309 e. The number of carbonyl (C=O) groups is 2. The highest BCUT2D eigenvalue weighted by Crippen LogP contribution is 2.37. The van der Waals surface area contributed by atoms with Crippen LogP contribution in [-0.4, -0.2) is 30.0 Å². The van der Waals surface area contributed by atoms with Crippen LogP contribution in [0.4, 0.5) is 0 Å². The molecule has 0 amide bonds. The fourth-order valence-corrected chi connectivity index (χ4v) is 3.60.